The van der Waals surface area contributed by atoms with Gasteiger partial charge in [0.25, 0.3) is 0 Å². The van der Waals surface area contributed by atoms with Crippen LogP contribution < -0.4 is 5.32 Å². The fourth-order valence-electron chi connectivity index (χ4n) is 3.53. The Morgan fingerprint density at radius 2 is 1.93 bits per heavy atom. The fraction of sp³-hybridized carbons (Fsp3) is 0.130. The number of rotatable bonds is 4. The van der Waals surface area contributed by atoms with Crippen molar-refractivity contribution in [2.75, 3.05) is 5.32 Å². The molecular formula is C23H16ClN5S. The van der Waals surface area contributed by atoms with Gasteiger partial charge in [-0.1, -0.05) is 11.6 Å². The molecule has 0 unspecified atom stereocenters. The minimum atomic E-state index is 0.576. The smallest absolute Gasteiger partial charge is 0.140 e. The van der Waals surface area contributed by atoms with Crippen LogP contribution in [0.2, 0.25) is 5.02 Å². The van der Waals surface area contributed by atoms with Crippen molar-refractivity contribution in [3.63, 3.8) is 0 Å². The van der Waals surface area contributed by atoms with E-state index in [-0.39, 0.29) is 0 Å². The van der Waals surface area contributed by atoms with Crippen molar-refractivity contribution in [1.82, 2.24) is 19.9 Å². The van der Waals surface area contributed by atoms with Gasteiger partial charge in [0.05, 0.1) is 31.5 Å². The molecule has 6 rings (SSSR count). The van der Waals surface area contributed by atoms with Gasteiger partial charge in [0.15, 0.2) is 0 Å². The predicted molar refractivity (Wildman–Crippen MR) is 123 cm³/mol. The molecule has 0 amide bonds. The lowest BCUT2D eigenvalue weighted by molar-refractivity contribution is 1.10. The SMILES string of the molecule is Clc1cncc(-c2cc3ncccc3c(Nc3ccc4nc(C5CC5)sc4c3)n2)c1. The van der Waals surface area contributed by atoms with Crippen molar-refractivity contribution < 1.29 is 0 Å². The fourth-order valence-corrected chi connectivity index (χ4v) is 4.88. The second-order valence-corrected chi connectivity index (χ2v) is 8.95. The van der Waals surface area contributed by atoms with Gasteiger partial charge in [0.1, 0.15) is 5.82 Å². The molecule has 7 heteroatoms. The lowest BCUT2D eigenvalue weighted by atomic mass is 10.1. The van der Waals surface area contributed by atoms with Crippen LogP contribution in [0.5, 0.6) is 0 Å². The number of thiazole rings is 1. The average molecular weight is 430 g/mol. The second-order valence-electron chi connectivity index (χ2n) is 7.45. The summed E-state index contributed by atoms with van der Waals surface area (Å²) >= 11 is 7.93. The van der Waals surface area contributed by atoms with E-state index in [1.165, 1.54) is 22.5 Å². The largest absolute Gasteiger partial charge is 0.340 e. The summed E-state index contributed by atoms with van der Waals surface area (Å²) in [5, 5.41) is 6.28. The lowest BCUT2D eigenvalue weighted by Gasteiger charge is -2.11. The first-order valence-electron chi connectivity index (χ1n) is 9.77. The highest BCUT2D eigenvalue weighted by atomic mass is 35.5. The van der Waals surface area contributed by atoms with Gasteiger partial charge in [-0.3, -0.25) is 9.97 Å². The normalized spacial score (nSPS) is 13.8. The average Bonchev–Trinajstić information content (AvgIpc) is 3.53. The topological polar surface area (TPSA) is 63.6 Å². The number of nitrogens with zero attached hydrogens (tertiary/aromatic N) is 4. The zero-order valence-corrected chi connectivity index (χ0v) is 17.4. The first-order chi connectivity index (χ1) is 14.7. The molecular weight excluding hydrogens is 414 g/mol. The van der Waals surface area contributed by atoms with E-state index in [2.05, 4.69) is 33.5 Å². The van der Waals surface area contributed by atoms with Crippen molar-refractivity contribution in [2.45, 2.75) is 18.8 Å². The molecule has 1 aromatic carbocycles. The van der Waals surface area contributed by atoms with E-state index in [4.69, 9.17) is 21.6 Å². The molecule has 0 spiro atoms. The van der Waals surface area contributed by atoms with Crippen LogP contribution >= 0.6 is 22.9 Å². The molecule has 1 aliphatic rings. The highest BCUT2D eigenvalue weighted by Gasteiger charge is 2.27. The van der Waals surface area contributed by atoms with Crippen LogP contribution in [0, 0.1) is 0 Å². The van der Waals surface area contributed by atoms with Crippen LogP contribution in [0.4, 0.5) is 11.5 Å². The quantitative estimate of drug-likeness (QED) is 0.349. The highest BCUT2D eigenvalue weighted by molar-refractivity contribution is 7.18. The van der Waals surface area contributed by atoms with Gasteiger partial charge in [-0.25, -0.2) is 9.97 Å². The number of benzene rings is 1. The molecule has 30 heavy (non-hydrogen) atoms. The van der Waals surface area contributed by atoms with Crippen molar-refractivity contribution in [2.24, 2.45) is 0 Å². The van der Waals surface area contributed by atoms with E-state index in [0.717, 1.165) is 39.2 Å². The Balaban J connectivity index is 1.44. The maximum Gasteiger partial charge on any atom is 0.140 e. The summed E-state index contributed by atoms with van der Waals surface area (Å²) in [6.07, 6.45) is 7.69. The monoisotopic (exact) mass is 429 g/mol. The summed E-state index contributed by atoms with van der Waals surface area (Å²) in [5.41, 5.74) is 4.52. The molecule has 1 fully saturated rings. The third-order valence-corrected chi connectivity index (χ3v) is 6.58. The van der Waals surface area contributed by atoms with Crippen LogP contribution in [-0.2, 0) is 0 Å². The Kier molecular flexibility index (Phi) is 4.14. The zero-order valence-electron chi connectivity index (χ0n) is 15.8. The standard InChI is InChI=1S/C23H16ClN5S/c24-15-8-14(11-25-12-15)19-10-20-17(2-1-7-26-20)22(28-19)27-16-5-6-18-21(9-16)30-23(29-18)13-3-4-13/h1-2,5-13H,3-4H2,(H,27,28). The van der Waals surface area contributed by atoms with Crippen molar-refractivity contribution in [1.29, 1.82) is 0 Å². The van der Waals surface area contributed by atoms with Gasteiger partial charge >= 0.3 is 0 Å². The summed E-state index contributed by atoms with van der Waals surface area (Å²) in [4.78, 5) is 18.4. The summed E-state index contributed by atoms with van der Waals surface area (Å²) in [7, 11) is 0. The number of anilines is 2. The molecule has 4 aromatic heterocycles. The molecule has 0 aliphatic heterocycles. The number of fused-ring (bicyclic) bond motifs is 2. The van der Waals surface area contributed by atoms with Crippen molar-refractivity contribution in [3.05, 3.63) is 71.1 Å². The van der Waals surface area contributed by atoms with E-state index in [1.54, 1.807) is 29.9 Å². The predicted octanol–water partition coefficient (Wildman–Crippen LogP) is 6.58. The summed E-state index contributed by atoms with van der Waals surface area (Å²) in [6.45, 7) is 0. The molecule has 4 heterocycles. The maximum absolute atomic E-state index is 6.14. The molecule has 0 saturated heterocycles. The Morgan fingerprint density at radius 3 is 2.80 bits per heavy atom. The van der Waals surface area contributed by atoms with E-state index in [1.807, 2.05) is 24.3 Å². The van der Waals surface area contributed by atoms with Crippen LogP contribution in [0.25, 0.3) is 32.4 Å². The second kappa shape index (κ2) is 7.00. The minimum absolute atomic E-state index is 0.576. The number of aromatic nitrogens is 4. The molecule has 1 saturated carbocycles. The summed E-state index contributed by atoms with van der Waals surface area (Å²) in [6, 6.07) is 14.0. The number of halogens is 1. The Morgan fingerprint density at radius 1 is 1.00 bits per heavy atom. The van der Waals surface area contributed by atoms with Gasteiger partial charge < -0.3 is 5.32 Å². The first-order valence-corrected chi connectivity index (χ1v) is 11.0. The number of hydrogen-bond acceptors (Lipinski definition) is 6. The summed E-state index contributed by atoms with van der Waals surface area (Å²) in [5.74, 6) is 1.42. The van der Waals surface area contributed by atoms with Crippen LogP contribution in [-0.4, -0.2) is 19.9 Å². The molecule has 0 radical (unpaired) electrons. The van der Waals surface area contributed by atoms with Gasteiger partial charge in [-0.2, -0.15) is 0 Å². The molecule has 1 aliphatic carbocycles. The van der Waals surface area contributed by atoms with Gasteiger partial charge in [-0.15, -0.1) is 11.3 Å². The molecule has 146 valence electrons. The third-order valence-electron chi connectivity index (χ3n) is 5.19. The van der Waals surface area contributed by atoms with Crippen LogP contribution in [0.1, 0.15) is 23.8 Å². The number of hydrogen-bond donors (Lipinski definition) is 1. The number of pyridine rings is 3. The van der Waals surface area contributed by atoms with Crippen molar-refractivity contribution >= 4 is 55.6 Å². The van der Waals surface area contributed by atoms with Crippen LogP contribution in [0.3, 0.4) is 0 Å². The highest BCUT2D eigenvalue weighted by Crippen LogP contribution is 2.43. The van der Waals surface area contributed by atoms with E-state index in [0.29, 0.717) is 10.9 Å². The van der Waals surface area contributed by atoms with Gasteiger partial charge in [0.2, 0.25) is 0 Å². The van der Waals surface area contributed by atoms with Gasteiger partial charge in [0, 0.05) is 41.1 Å². The Bertz CT molecular complexity index is 1410. The maximum atomic E-state index is 6.14. The van der Waals surface area contributed by atoms with E-state index < -0.39 is 0 Å². The Hall–Kier alpha value is -3.09. The molecule has 1 N–H and O–H groups in total. The number of nitrogens with one attached hydrogen (secondary N) is 1. The summed E-state index contributed by atoms with van der Waals surface area (Å²) < 4.78 is 1.19. The molecule has 0 bridgehead atoms. The van der Waals surface area contributed by atoms with E-state index >= 15 is 0 Å². The van der Waals surface area contributed by atoms with E-state index in [9.17, 15) is 0 Å². The van der Waals surface area contributed by atoms with Gasteiger partial charge in [-0.05, 0) is 55.3 Å². The third kappa shape index (κ3) is 3.28. The molecule has 5 aromatic rings. The molecule has 0 atom stereocenters. The molecule has 5 nitrogen and oxygen atoms in total. The van der Waals surface area contributed by atoms with Crippen LogP contribution in [0.15, 0.2) is 61.1 Å². The minimum Gasteiger partial charge on any atom is -0.340 e. The lowest BCUT2D eigenvalue weighted by Crippen LogP contribution is -1.98. The Labute approximate surface area is 181 Å². The zero-order chi connectivity index (χ0) is 20.1. The van der Waals surface area contributed by atoms with Crippen molar-refractivity contribution in [3.8, 4) is 11.3 Å². The first kappa shape index (κ1) is 17.7.